The third kappa shape index (κ3) is 6.96. The van der Waals surface area contributed by atoms with Crippen LogP contribution in [0.5, 0.6) is 5.75 Å². The minimum absolute atomic E-state index is 0.159. The first kappa shape index (κ1) is 31.4. The van der Waals surface area contributed by atoms with E-state index in [0.717, 1.165) is 40.8 Å². The van der Waals surface area contributed by atoms with Crippen LogP contribution in [0.3, 0.4) is 0 Å². The number of nitrogen functional groups attached to an aromatic ring is 1. The van der Waals surface area contributed by atoms with E-state index in [2.05, 4.69) is 32.4 Å². The van der Waals surface area contributed by atoms with Crippen LogP contribution in [0.4, 0.5) is 11.8 Å². The lowest BCUT2D eigenvalue weighted by Gasteiger charge is -2.20. The highest BCUT2D eigenvalue weighted by Crippen LogP contribution is 2.36. The molecule has 0 spiro atoms. The SMILES string of the molecule is Nc1ncnc2c1nc(NCc1ccc(-c3ccccc3)c(OCCCCOCc3ccccc3)c1)n2[C@@H]1O[C@H](CO)[C@@H](O)[C@H]1O. The third-order valence-electron chi connectivity index (χ3n) is 7.91. The maximum Gasteiger partial charge on any atom is 0.207 e. The van der Waals surface area contributed by atoms with Gasteiger partial charge in [-0.2, -0.15) is 0 Å². The predicted octanol–water partition coefficient (Wildman–Crippen LogP) is 3.67. The van der Waals surface area contributed by atoms with Crippen LogP contribution in [0, 0.1) is 0 Å². The number of aliphatic hydroxyl groups is 3. The monoisotopic (exact) mass is 626 g/mol. The average molecular weight is 627 g/mol. The summed E-state index contributed by atoms with van der Waals surface area (Å²) < 4.78 is 19.5. The summed E-state index contributed by atoms with van der Waals surface area (Å²) in [6.07, 6.45) is -1.65. The van der Waals surface area contributed by atoms with Crippen molar-refractivity contribution in [3.05, 3.63) is 96.3 Å². The molecule has 6 N–H and O–H groups in total. The Kier molecular flexibility index (Phi) is 10.0. The molecule has 0 aliphatic carbocycles. The summed E-state index contributed by atoms with van der Waals surface area (Å²) in [6.45, 7) is 1.66. The Labute approximate surface area is 266 Å². The highest BCUT2D eigenvalue weighted by molar-refractivity contribution is 5.84. The molecule has 12 nitrogen and oxygen atoms in total. The molecule has 5 aromatic rings. The van der Waals surface area contributed by atoms with E-state index in [-0.39, 0.29) is 5.82 Å². The van der Waals surface area contributed by atoms with Crippen molar-refractivity contribution in [3.8, 4) is 16.9 Å². The van der Waals surface area contributed by atoms with E-state index >= 15 is 0 Å². The first-order valence-corrected chi connectivity index (χ1v) is 15.3. The van der Waals surface area contributed by atoms with Crippen molar-refractivity contribution in [2.24, 2.45) is 0 Å². The van der Waals surface area contributed by atoms with Crippen molar-refractivity contribution in [1.82, 2.24) is 19.5 Å². The number of rotatable bonds is 14. The number of nitrogens with zero attached hydrogens (tertiary/aromatic N) is 4. The molecule has 0 saturated carbocycles. The molecule has 0 bridgehead atoms. The number of anilines is 2. The van der Waals surface area contributed by atoms with Crippen LogP contribution < -0.4 is 15.8 Å². The molecule has 1 fully saturated rings. The Hall–Kier alpha value is -4.59. The van der Waals surface area contributed by atoms with Crippen molar-refractivity contribution in [3.63, 3.8) is 0 Å². The summed E-state index contributed by atoms with van der Waals surface area (Å²) in [5.74, 6) is 1.22. The summed E-state index contributed by atoms with van der Waals surface area (Å²) in [4.78, 5) is 12.9. The molecule has 2 aromatic heterocycles. The topological polar surface area (TPSA) is 170 Å². The minimum Gasteiger partial charge on any atom is -0.493 e. The van der Waals surface area contributed by atoms with Gasteiger partial charge in [-0.05, 0) is 35.6 Å². The highest BCUT2D eigenvalue weighted by atomic mass is 16.6. The first-order chi connectivity index (χ1) is 22.5. The molecule has 0 radical (unpaired) electrons. The number of hydrogen-bond acceptors (Lipinski definition) is 11. The van der Waals surface area contributed by atoms with Crippen molar-refractivity contribution >= 4 is 22.9 Å². The van der Waals surface area contributed by atoms with E-state index in [0.29, 0.717) is 43.5 Å². The lowest BCUT2D eigenvalue weighted by atomic mass is 10.0. The number of unbranched alkanes of at least 4 members (excludes halogenated alkanes) is 1. The van der Waals surface area contributed by atoms with E-state index in [1.165, 1.54) is 10.9 Å². The molecule has 46 heavy (non-hydrogen) atoms. The van der Waals surface area contributed by atoms with Crippen LogP contribution in [0.25, 0.3) is 22.3 Å². The van der Waals surface area contributed by atoms with E-state index in [1.807, 2.05) is 66.7 Å². The Bertz CT molecular complexity index is 1720. The van der Waals surface area contributed by atoms with Crippen LogP contribution >= 0.6 is 0 Å². The van der Waals surface area contributed by atoms with Gasteiger partial charge in [0, 0.05) is 18.7 Å². The Morgan fingerprint density at radius 2 is 1.65 bits per heavy atom. The lowest BCUT2D eigenvalue weighted by Crippen LogP contribution is -2.33. The van der Waals surface area contributed by atoms with E-state index in [1.54, 1.807) is 0 Å². The van der Waals surface area contributed by atoms with Crippen molar-refractivity contribution < 1.29 is 29.5 Å². The van der Waals surface area contributed by atoms with Gasteiger partial charge in [0.05, 0.1) is 19.8 Å². The standard InChI is InChI=1S/C34H38N6O6/c35-31-28-32(38-21-37-31)40(33-30(43)29(42)27(19-41)46-33)34(39-28)36-18-23-13-14-25(24-11-5-2-6-12-24)26(17-23)45-16-8-7-15-44-20-22-9-3-1-4-10-22/h1-6,9-14,17,21,27,29-30,33,41-43H,7-8,15-16,18-20H2,(H,36,39)(H2,35,37,38)/t27-,29-,30-,33-/m1/s1. The van der Waals surface area contributed by atoms with E-state index in [4.69, 9.17) is 19.9 Å². The Morgan fingerprint density at radius 3 is 2.41 bits per heavy atom. The van der Waals surface area contributed by atoms with E-state index in [9.17, 15) is 15.3 Å². The van der Waals surface area contributed by atoms with Crippen molar-refractivity contribution in [2.45, 2.75) is 50.5 Å². The fraction of sp³-hybridized carbons (Fsp3) is 0.324. The second kappa shape index (κ2) is 14.7. The molecule has 4 atom stereocenters. The smallest absolute Gasteiger partial charge is 0.207 e. The number of ether oxygens (including phenoxy) is 3. The largest absolute Gasteiger partial charge is 0.493 e. The number of nitrogens with two attached hydrogens (primary N) is 1. The van der Waals surface area contributed by atoms with Crippen LogP contribution in [0.1, 0.15) is 30.2 Å². The minimum atomic E-state index is -1.33. The summed E-state index contributed by atoms with van der Waals surface area (Å²) in [6, 6.07) is 26.2. The average Bonchev–Trinajstić information content (AvgIpc) is 3.60. The molecule has 3 aromatic carbocycles. The number of hydrogen-bond donors (Lipinski definition) is 5. The third-order valence-corrected chi connectivity index (χ3v) is 7.91. The Morgan fingerprint density at radius 1 is 0.891 bits per heavy atom. The number of benzene rings is 3. The molecule has 240 valence electrons. The second-order valence-electron chi connectivity index (χ2n) is 11.1. The number of fused-ring (bicyclic) bond motifs is 1. The fourth-order valence-electron chi connectivity index (χ4n) is 5.47. The maximum absolute atomic E-state index is 10.8. The lowest BCUT2D eigenvalue weighted by molar-refractivity contribution is -0.0501. The highest BCUT2D eigenvalue weighted by Gasteiger charge is 2.45. The van der Waals surface area contributed by atoms with Gasteiger partial charge < -0.3 is 40.6 Å². The van der Waals surface area contributed by atoms with Crippen LogP contribution in [0.2, 0.25) is 0 Å². The Balaban J connectivity index is 1.17. The molecule has 1 aliphatic rings. The summed E-state index contributed by atoms with van der Waals surface area (Å²) in [5, 5.41) is 34.1. The first-order valence-electron chi connectivity index (χ1n) is 15.3. The summed E-state index contributed by atoms with van der Waals surface area (Å²) >= 11 is 0. The van der Waals surface area contributed by atoms with Gasteiger partial charge in [-0.15, -0.1) is 0 Å². The quantitative estimate of drug-likeness (QED) is 0.114. The van der Waals surface area contributed by atoms with Gasteiger partial charge in [-0.3, -0.25) is 4.57 Å². The summed E-state index contributed by atoms with van der Waals surface area (Å²) in [7, 11) is 0. The van der Waals surface area contributed by atoms with Gasteiger partial charge in [0.25, 0.3) is 0 Å². The van der Waals surface area contributed by atoms with Gasteiger partial charge in [-0.1, -0.05) is 72.8 Å². The molecule has 1 saturated heterocycles. The predicted molar refractivity (Wildman–Crippen MR) is 173 cm³/mol. The summed E-state index contributed by atoms with van der Waals surface area (Å²) in [5.41, 5.74) is 10.8. The van der Waals surface area contributed by atoms with Crippen molar-refractivity contribution in [2.75, 3.05) is 30.9 Å². The van der Waals surface area contributed by atoms with Crippen LogP contribution in [-0.4, -0.2) is 73.0 Å². The number of imidazole rings is 1. The second-order valence-corrected chi connectivity index (χ2v) is 11.1. The van der Waals surface area contributed by atoms with Gasteiger partial charge in [0.1, 0.15) is 30.4 Å². The number of aliphatic hydroxyl groups excluding tert-OH is 3. The molecule has 6 rings (SSSR count). The zero-order valence-electron chi connectivity index (χ0n) is 25.3. The van der Waals surface area contributed by atoms with Crippen LogP contribution in [-0.2, 0) is 22.6 Å². The van der Waals surface area contributed by atoms with Gasteiger partial charge in [0.2, 0.25) is 5.95 Å². The van der Waals surface area contributed by atoms with E-state index < -0.39 is 31.1 Å². The zero-order valence-corrected chi connectivity index (χ0v) is 25.3. The molecule has 0 unspecified atom stereocenters. The fourth-order valence-corrected chi connectivity index (χ4v) is 5.47. The molecular formula is C34H38N6O6. The van der Waals surface area contributed by atoms with Gasteiger partial charge in [-0.25, -0.2) is 15.0 Å². The molecule has 1 aliphatic heterocycles. The molecule has 3 heterocycles. The van der Waals surface area contributed by atoms with Gasteiger partial charge >= 0.3 is 0 Å². The number of nitrogens with one attached hydrogen (secondary N) is 1. The van der Waals surface area contributed by atoms with Gasteiger partial charge in [0.15, 0.2) is 23.2 Å². The maximum atomic E-state index is 10.8. The number of aromatic nitrogens is 4. The normalized spacial score (nSPS) is 19.5. The molecule has 0 amide bonds. The van der Waals surface area contributed by atoms with Crippen LogP contribution in [0.15, 0.2) is 85.2 Å². The van der Waals surface area contributed by atoms with Crippen molar-refractivity contribution in [1.29, 1.82) is 0 Å². The molecule has 12 heteroatoms. The molecular weight excluding hydrogens is 588 g/mol. The zero-order chi connectivity index (χ0) is 31.9.